The average molecular weight is 358 g/mol. The van der Waals surface area contributed by atoms with E-state index in [0.29, 0.717) is 5.92 Å². The van der Waals surface area contributed by atoms with Gasteiger partial charge in [0.25, 0.3) is 0 Å². The Labute approximate surface area is 155 Å². The summed E-state index contributed by atoms with van der Waals surface area (Å²) in [5.74, 6) is 1.90. The zero-order chi connectivity index (χ0) is 18.7. The molecule has 1 atom stereocenters. The molecule has 2 heterocycles. The number of aryl methyl sites for hydroxylation is 2. The van der Waals surface area contributed by atoms with E-state index in [4.69, 9.17) is 4.42 Å². The number of nitrogens with zero attached hydrogens (tertiary/aromatic N) is 2. The first-order valence-electron chi connectivity index (χ1n) is 9.65. The van der Waals surface area contributed by atoms with E-state index < -0.39 is 0 Å². The topological polar surface area (TPSA) is 72.1 Å². The predicted molar refractivity (Wildman–Crippen MR) is 102 cm³/mol. The Balaban J connectivity index is 1.68. The molecule has 0 spiro atoms. The van der Waals surface area contributed by atoms with E-state index in [9.17, 15) is 4.79 Å². The van der Waals surface area contributed by atoms with Crippen molar-refractivity contribution in [2.45, 2.75) is 71.9 Å². The van der Waals surface area contributed by atoms with Gasteiger partial charge in [-0.25, -0.2) is 4.79 Å². The quantitative estimate of drug-likeness (QED) is 0.776. The normalized spacial score (nSPS) is 16.8. The SMILES string of the molecule is CC(C)CCn1ncc(NC(=O)NC2CCCc3occc32)c1C(C)C. The maximum absolute atomic E-state index is 12.6. The van der Waals surface area contributed by atoms with Crippen molar-refractivity contribution in [2.75, 3.05) is 5.32 Å². The Kier molecular flexibility index (Phi) is 5.69. The van der Waals surface area contributed by atoms with Gasteiger partial charge in [-0.2, -0.15) is 5.10 Å². The fraction of sp³-hybridized carbons (Fsp3) is 0.600. The average Bonchev–Trinajstić information content (AvgIpc) is 3.20. The highest BCUT2D eigenvalue weighted by molar-refractivity contribution is 5.90. The Bertz CT molecular complexity index is 745. The highest BCUT2D eigenvalue weighted by Crippen LogP contribution is 2.31. The summed E-state index contributed by atoms with van der Waals surface area (Å²) >= 11 is 0. The van der Waals surface area contributed by atoms with Crippen LogP contribution in [-0.4, -0.2) is 15.8 Å². The number of furan rings is 1. The molecule has 1 unspecified atom stereocenters. The highest BCUT2D eigenvalue weighted by atomic mass is 16.3. The van der Waals surface area contributed by atoms with E-state index in [-0.39, 0.29) is 18.0 Å². The summed E-state index contributed by atoms with van der Waals surface area (Å²) in [5.41, 5.74) is 2.97. The lowest BCUT2D eigenvalue weighted by Gasteiger charge is -2.23. The molecule has 0 bridgehead atoms. The van der Waals surface area contributed by atoms with Crippen LogP contribution in [0.25, 0.3) is 0 Å². The molecule has 1 aliphatic rings. The van der Waals surface area contributed by atoms with Crippen molar-refractivity contribution in [3.63, 3.8) is 0 Å². The summed E-state index contributed by atoms with van der Waals surface area (Å²) < 4.78 is 7.52. The van der Waals surface area contributed by atoms with E-state index >= 15 is 0 Å². The predicted octanol–water partition coefficient (Wildman–Crippen LogP) is 4.84. The van der Waals surface area contributed by atoms with E-state index in [0.717, 1.165) is 54.9 Å². The van der Waals surface area contributed by atoms with Gasteiger partial charge >= 0.3 is 6.03 Å². The maximum Gasteiger partial charge on any atom is 0.319 e. The monoisotopic (exact) mass is 358 g/mol. The van der Waals surface area contributed by atoms with Gasteiger partial charge in [0, 0.05) is 18.5 Å². The largest absolute Gasteiger partial charge is 0.469 e. The standard InChI is InChI=1S/C20H30N4O2/c1-13(2)8-10-24-19(14(3)4)17(12-21-24)23-20(25)22-16-6-5-7-18-15(16)9-11-26-18/h9,11-14,16H,5-8,10H2,1-4H3,(H2,22,23,25). The molecular weight excluding hydrogens is 328 g/mol. The number of fused-ring (bicyclic) bond motifs is 1. The zero-order valence-corrected chi connectivity index (χ0v) is 16.2. The fourth-order valence-corrected chi connectivity index (χ4v) is 3.61. The minimum absolute atomic E-state index is 0.0102. The van der Waals surface area contributed by atoms with Crippen molar-refractivity contribution in [1.29, 1.82) is 0 Å². The first-order chi connectivity index (χ1) is 12.5. The number of urea groups is 1. The lowest BCUT2D eigenvalue weighted by molar-refractivity contribution is 0.246. The number of carbonyl (C=O) groups excluding carboxylic acids is 1. The van der Waals surface area contributed by atoms with Crippen LogP contribution in [0.1, 0.15) is 75.9 Å². The van der Waals surface area contributed by atoms with Gasteiger partial charge in [-0.05, 0) is 37.2 Å². The van der Waals surface area contributed by atoms with E-state index in [1.165, 1.54) is 0 Å². The van der Waals surface area contributed by atoms with Crippen molar-refractivity contribution in [3.8, 4) is 0 Å². The van der Waals surface area contributed by atoms with Crippen LogP contribution in [0.4, 0.5) is 10.5 Å². The molecule has 6 nitrogen and oxygen atoms in total. The van der Waals surface area contributed by atoms with Gasteiger partial charge < -0.3 is 15.1 Å². The fourth-order valence-electron chi connectivity index (χ4n) is 3.61. The Morgan fingerprint density at radius 1 is 1.38 bits per heavy atom. The Morgan fingerprint density at radius 3 is 2.92 bits per heavy atom. The van der Waals surface area contributed by atoms with Crippen molar-refractivity contribution >= 4 is 11.7 Å². The van der Waals surface area contributed by atoms with Crippen LogP contribution in [0, 0.1) is 5.92 Å². The van der Waals surface area contributed by atoms with Crippen LogP contribution < -0.4 is 10.6 Å². The van der Waals surface area contributed by atoms with Gasteiger partial charge in [0.05, 0.1) is 29.9 Å². The van der Waals surface area contributed by atoms with Gasteiger partial charge in [0.1, 0.15) is 5.76 Å². The maximum atomic E-state index is 12.6. The first kappa shape index (κ1) is 18.5. The zero-order valence-electron chi connectivity index (χ0n) is 16.2. The second-order valence-electron chi connectivity index (χ2n) is 7.85. The minimum atomic E-state index is -0.186. The second kappa shape index (κ2) is 7.98. The molecule has 26 heavy (non-hydrogen) atoms. The number of carbonyl (C=O) groups is 1. The lowest BCUT2D eigenvalue weighted by atomic mass is 9.93. The number of hydrogen-bond acceptors (Lipinski definition) is 3. The van der Waals surface area contributed by atoms with Crippen LogP contribution in [0.3, 0.4) is 0 Å². The van der Waals surface area contributed by atoms with E-state index in [1.54, 1.807) is 12.5 Å². The first-order valence-corrected chi connectivity index (χ1v) is 9.65. The van der Waals surface area contributed by atoms with Crippen LogP contribution in [0.5, 0.6) is 0 Å². The third-order valence-electron chi connectivity index (χ3n) is 4.95. The number of aromatic nitrogens is 2. The van der Waals surface area contributed by atoms with Gasteiger partial charge in [-0.1, -0.05) is 27.7 Å². The summed E-state index contributed by atoms with van der Waals surface area (Å²) in [6.07, 6.45) is 7.44. The van der Waals surface area contributed by atoms with Crippen molar-refractivity contribution in [3.05, 3.63) is 35.5 Å². The Morgan fingerprint density at radius 2 is 2.19 bits per heavy atom. The number of nitrogens with one attached hydrogen (secondary N) is 2. The van der Waals surface area contributed by atoms with Crippen LogP contribution in [0.15, 0.2) is 22.9 Å². The van der Waals surface area contributed by atoms with Gasteiger partial charge in [-0.15, -0.1) is 0 Å². The van der Waals surface area contributed by atoms with Gasteiger partial charge in [0.2, 0.25) is 0 Å². The number of rotatable bonds is 6. The number of anilines is 1. The molecule has 2 aromatic heterocycles. The molecule has 0 saturated heterocycles. The molecule has 1 aliphatic carbocycles. The van der Waals surface area contributed by atoms with Gasteiger partial charge in [-0.3, -0.25) is 4.68 Å². The highest BCUT2D eigenvalue weighted by Gasteiger charge is 2.25. The van der Waals surface area contributed by atoms with Crippen LogP contribution in [-0.2, 0) is 13.0 Å². The molecule has 0 fully saturated rings. The molecule has 6 heteroatoms. The summed E-state index contributed by atoms with van der Waals surface area (Å²) in [6.45, 7) is 9.55. The summed E-state index contributed by atoms with van der Waals surface area (Å²) in [4.78, 5) is 12.6. The summed E-state index contributed by atoms with van der Waals surface area (Å²) in [7, 11) is 0. The van der Waals surface area contributed by atoms with E-state index in [2.05, 4.69) is 43.4 Å². The molecule has 0 saturated carbocycles. The van der Waals surface area contributed by atoms with E-state index in [1.807, 2.05) is 10.7 Å². The Hall–Kier alpha value is -2.24. The third-order valence-corrected chi connectivity index (χ3v) is 4.95. The summed E-state index contributed by atoms with van der Waals surface area (Å²) in [5, 5.41) is 10.6. The summed E-state index contributed by atoms with van der Waals surface area (Å²) in [6, 6.07) is 1.79. The molecule has 0 aliphatic heterocycles. The smallest absolute Gasteiger partial charge is 0.319 e. The third kappa shape index (κ3) is 4.11. The molecule has 0 radical (unpaired) electrons. The molecular formula is C20H30N4O2. The molecule has 2 amide bonds. The molecule has 2 N–H and O–H groups in total. The molecule has 3 rings (SSSR count). The molecule has 2 aromatic rings. The minimum Gasteiger partial charge on any atom is -0.469 e. The number of amides is 2. The van der Waals surface area contributed by atoms with Crippen molar-refractivity contribution < 1.29 is 9.21 Å². The van der Waals surface area contributed by atoms with Gasteiger partial charge in [0.15, 0.2) is 0 Å². The second-order valence-corrected chi connectivity index (χ2v) is 7.85. The number of hydrogen-bond donors (Lipinski definition) is 2. The van der Waals surface area contributed by atoms with Crippen LogP contribution in [0.2, 0.25) is 0 Å². The van der Waals surface area contributed by atoms with Crippen LogP contribution >= 0.6 is 0 Å². The van der Waals surface area contributed by atoms with Crippen molar-refractivity contribution in [2.24, 2.45) is 5.92 Å². The lowest BCUT2D eigenvalue weighted by Crippen LogP contribution is -2.34. The molecule has 142 valence electrons. The molecule has 0 aromatic carbocycles. The van der Waals surface area contributed by atoms with Crippen molar-refractivity contribution in [1.82, 2.24) is 15.1 Å².